The van der Waals surface area contributed by atoms with Crippen LogP contribution in [0.3, 0.4) is 0 Å². The Labute approximate surface area is 179 Å². The van der Waals surface area contributed by atoms with Crippen molar-refractivity contribution in [2.45, 2.75) is 46.5 Å². The van der Waals surface area contributed by atoms with E-state index in [9.17, 15) is 14.7 Å². The number of amides is 2. The van der Waals surface area contributed by atoms with Crippen LogP contribution < -0.4 is 4.74 Å². The zero-order valence-electron chi connectivity index (χ0n) is 18.4. The number of unbranched alkanes of at least 4 members (excludes halogenated alkanes) is 1. The maximum Gasteiger partial charge on any atom is 0.277 e. The molecule has 6 heteroatoms. The Hall–Kier alpha value is -2.34. The van der Waals surface area contributed by atoms with Crippen LogP contribution >= 0.6 is 0 Å². The van der Waals surface area contributed by atoms with Crippen LogP contribution in [-0.4, -0.2) is 59.6 Å². The van der Waals surface area contributed by atoms with Gasteiger partial charge in [-0.2, -0.15) is 0 Å². The van der Waals surface area contributed by atoms with Crippen LogP contribution in [0.4, 0.5) is 0 Å². The zero-order chi connectivity index (χ0) is 21.7. The zero-order valence-corrected chi connectivity index (χ0v) is 18.4. The van der Waals surface area contributed by atoms with Gasteiger partial charge in [-0.1, -0.05) is 39.3 Å². The Bertz CT molecular complexity index is 785. The van der Waals surface area contributed by atoms with E-state index in [-0.39, 0.29) is 24.3 Å². The van der Waals surface area contributed by atoms with E-state index >= 15 is 0 Å². The van der Waals surface area contributed by atoms with E-state index in [4.69, 9.17) is 4.74 Å². The molecule has 2 heterocycles. The molecule has 164 valence electrons. The first-order chi connectivity index (χ1) is 14.5. The molecule has 1 fully saturated rings. The Morgan fingerprint density at radius 2 is 1.90 bits per heavy atom. The average molecular weight is 415 g/mol. The molecule has 30 heavy (non-hydrogen) atoms. The molecule has 0 bridgehead atoms. The number of benzene rings is 1. The molecule has 1 N–H and O–H groups in total. The number of aliphatic hydroxyl groups is 1. The van der Waals surface area contributed by atoms with Crippen LogP contribution in [0.15, 0.2) is 30.0 Å². The molecule has 1 atom stereocenters. The number of rotatable bonds is 9. The third-order valence-electron chi connectivity index (χ3n) is 5.70. The van der Waals surface area contributed by atoms with E-state index in [1.165, 1.54) is 4.90 Å². The lowest BCUT2D eigenvalue weighted by atomic mass is 9.97. The Morgan fingerprint density at radius 3 is 2.53 bits per heavy atom. The molecule has 2 amide bonds. The second kappa shape index (κ2) is 10.1. The minimum atomic E-state index is -0.217. The van der Waals surface area contributed by atoms with Gasteiger partial charge in [0.2, 0.25) is 0 Å². The van der Waals surface area contributed by atoms with Crippen molar-refractivity contribution in [2.75, 3.05) is 32.8 Å². The molecule has 0 spiro atoms. The van der Waals surface area contributed by atoms with Gasteiger partial charge in [-0.3, -0.25) is 14.5 Å². The molecule has 1 aromatic rings. The first-order valence-electron chi connectivity index (χ1n) is 11.2. The third kappa shape index (κ3) is 4.86. The van der Waals surface area contributed by atoms with Gasteiger partial charge >= 0.3 is 0 Å². The molecule has 1 unspecified atom stereocenters. The van der Waals surface area contributed by atoms with E-state index < -0.39 is 0 Å². The maximum absolute atomic E-state index is 13.3. The summed E-state index contributed by atoms with van der Waals surface area (Å²) in [6.45, 7) is 8.74. The number of hydrogen-bond acceptors (Lipinski definition) is 5. The summed E-state index contributed by atoms with van der Waals surface area (Å²) in [6.07, 6.45) is 3.55. The lowest BCUT2D eigenvalue weighted by molar-refractivity contribution is -0.137. The summed E-state index contributed by atoms with van der Waals surface area (Å²) in [6, 6.07) is 7.46. The number of nitrogens with zero attached hydrogens (tertiary/aromatic N) is 2. The maximum atomic E-state index is 13.3. The minimum Gasteiger partial charge on any atom is -0.493 e. The van der Waals surface area contributed by atoms with Gasteiger partial charge in [-0.15, -0.1) is 0 Å². The molecule has 0 radical (unpaired) electrons. The summed E-state index contributed by atoms with van der Waals surface area (Å²) >= 11 is 0. The van der Waals surface area contributed by atoms with E-state index in [1.807, 2.05) is 36.1 Å². The van der Waals surface area contributed by atoms with Crippen molar-refractivity contribution in [3.63, 3.8) is 0 Å². The molecule has 2 aliphatic heterocycles. The normalized spacial score (nSPS) is 20.0. The fourth-order valence-electron chi connectivity index (χ4n) is 4.03. The van der Waals surface area contributed by atoms with Gasteiger partial charge < -0.3 is 14.7 Å². The molecule has 0 aliphatic carbocycles. The molecular formula is C24H34N2O4. The van der Waals surface area contributed by atoms with Crippen LogP contribution in [0.1, 0.15) is 52.0 Å². The van der Waals surface area contributed by atoms with Crippen LogP contribution in [-0.2, 0) is 9.59 Å². The van der Waals surface area contributed by atoms with Crippen molar-refractivity contribution in [1.82, 2.24) is 9.80 Å². The second-order valence-electron chi connectivity index (χ2n) is 8.71. The fraction of sp³-hybridized carbons (Fsp3) is 0.583. The topological polar surface area (TPSA) is 70.1 Å². The monoisotopic (exact) mass is 414 g/mol. The Kier molecular flexibility index (Phi) is 7.53. The van der Waals surface area contributed by atoms with Crippen molar-refractivity contribution >= 4 is 17.4 Å². The Balaban J connectivity index is 1.93. The molecular weight excluding hydrogens is 380 g/mol. The van der Waals surface area contributed by atoms with Crippen molar-refractivity contribution in [2.24, 2.45) is 11.8 Å². The number of aliphatic hydroxyl groups excluding tert-OH is 1. The summed E-state index contributed by atoms with van der Waals surface area (Å²) in [5.74, 6) is 0.894. The number of ether oxygens (including phenoxy) is 1. The van der Waals surface area contributed by atoms with E-state index in [0.29, 0.717) is 36.9 Å². The molecule has 0 aromatic heterocycles. The van der Waals surface area contributed by atoms with Crippen LogP contribution in [0.2, 0.25) is 0 Å². The quantitative estimate of drug-likeness (QED) is 0.628. The molecule has 6 nitrogen and oxygen atoms in total. The predicted molar refractivity (Wildman–Crippen MR) is 117 cm³/mol. The minimum absolute atomic E-state index is 0.0999. The number of carbonyl (C=O) groups is 2. The summed E-state index contributed by atoms with van der Waals surface area (Å²) < 4.78 is 5.76. The largest absolute Gasteiger partial charge is 0.493 e. The van der Waals surface area contributed by atoms with Crippen LogP contribution in [0, 0.1) is 11.8 Å². The van der Waals surface area contributed by atoms with E-state index in [0.717, 1.165) is 43.5 Å². The average Bonchev–Trinajstić information content (AvgIpc) is 3.00. The smallest absolute Gasteiger partial charge is 0.277 e. The summed E-state index contributed by atoms with van der Waals surface area (Å²) in [5.41, 5.74) is 1.71. The third-order valence-corrected chi connectivity index (χ3v) is 5.70. The van der Waals surface area contributed by atoms with Gasteiger partial charge in [-0.25, -0.2) is 0 Å². The lowest BCUT2D eigenvalue weighted by Gasteiger charge is -2.34. The van der Waals surface area contributed by atoms with Crippen molar-refractivity contribution in [1.29, 1.82) is 0 Å². The fourth-order valence-corrected chi connectivity index (χ4v) is 4.03. The Morgan fingerprint density at radius 1 is 1.17 bits per heavy atom. The molecule has 1 saturated heterocycles. The van der Waals surface area contributed by atoms with Crippen LogP contribution in [0.25, 0.3) is 5.57 Å². The summed E-state index contributed by atoms with van der Waals surface area (Å²) in [5, 5.41) is 9.62. The number of likely N-dealkylation sites (tertiary alicyclic amines) is 1. The SMILES string of the molecule is CCCCN1C(=O)C(c2ccc(OCC(C)C)cc2)=C(N2CCCC(CO)C2)C1=O. The molecule has 0 saturated carbocycles. The van der Waals surface area contributed by atoms with Gasteiger partial charge in [0.05, 0.1) is 12.2 Å². The molecule has 3 rings (SSSR count). The van der Waals surface area contributed by atoms with Gasteiger partial charge in [-0.05, 0) is 48.8 Å². The predicted octanol–water partition coefficient (Wildman–Crippen LogP) is 3.31. The van der Waals surface area contributed by atoms with Gasteiger partial charge in [0.1, 0.15) is 11.4 Å². The highest BCUT2D eigenvalue weighted by molar-refractivity contribution is 6.35. The molecule has 2 aliphatic rings. The lowest BCUT2D eigenvalue weighted by Crippen LogP contribution is -2.40. The first kappa shape index (κ1) is 22.3. The number of carbonyl (C=O) groups excluding carboxylic acids is 2. The summed E-state index contributed by atoms with van der Waals surface area (Å²) in [7, 11) is 0. The number of hydrogen-bond donors (Lipinski definition) is 1. The first-order valence-corrected chi connectivity index (χ1v) is 11.2. The number of piperidine rings is 1. The van der Waals surface area contributed by atoms with Gasteiger partial charge in [0.25, 0.3) is 11.8 Å². The standard InChI is InChI=1S/C24H34N2O4/c1-4-5-13-26-23(28)21(19-8-10-20(11-9-19)30-16-17(2)3)22(24(26)29)25-12-6-7-18(14-25)15-27/h8-11,17-18,27H,4-7,12-16H2,1-3H3. The van der Waals surface area contributed by atoms with E-state index in [1.54, 1.807) is 0 Å². The summed E-state index contributed by atoms with van der Waals surface area (Å²) in [4.78, 5) is 29.9. The molecule has 1 aromatic carbocycles. The van der Waals surface area contributed by atoms with Crippen molar-refractivity contribution < 1.29 is 19.4 Å². The van der Waals surface area contributed by atoms with Crippen molar-refractivity contribution in [3.05, 3.63) is 35.5 Å². The number of imide groups is 1. The van der Waals surface area contributed by atoms with Gasteiger partial charge in [0, 0.05) is 26.2 Å². The highest BCUT2D eigenvalue weighted by Gasteiger charge is 2.42. The second-order valence-corrected chi connectivity index (χ2v) is 8.71. The van der Waals surface area contributed by atoms with Crippen LogP contribution in [0.5, 0.6) is 5.75 Å². The highest BCUT2D eigenvalue weighted by Crippen LogP contribution is 2.34. The van der Waals surface area contributed by atoms with E-state index in [2.05, 4.69) is 13.8 Å². The van der Waals surface area contributed by atoms with Crippen molar-refractivity contribution in [3.8, 4) is 5.75 Å². The highest BCUT2D eigenvalue weighted by atomic mass is 16.5. The van der Waals surface area contributed by atoms with Gasteiger partial charge in [0.15, 0.2) is 0 Å².